The van der Waals surface area contributed by atoms with Gasteiger partial charge in [-0.2, -0.15) is 0 Å². The maximum absolute atomic E-state index is 5.84. The Morgan fingerprint density at radius 2 is 2.07 bits per heavy atom. The molecular formula is C11H16BrClN2. The molecule has 1 N–H and O–H groups in total. The Hall–Kier alpha value is -0.280. The molecule has 0 spiro atoms. The van der Waals surface area contributed by atoms with Crippen LogP contribution >= 0.6 is 27.5 Å². The van der Waals surface area contributed by atoms with E-state index >= 15 is 0 Å². The van der Waals surface area contributed by atoms with Crippen molar-refractivity contribution in [3.63, 3.8) is 0 Å². The van der Waals surface area contributed by atoms with Crippen molar-refractivity contribution in [2.75, 3.05) is 5.32 Å². The summed E-state index contributed by atoms with van der Waals surface area (Å²) in [6, 6.07) is 1.85. The van der Waals surface area contributed by atoms with Gasteiger partial charge in [0.25, 0.3) is 0 Å². The zero-order chi connectivity index (χ0) is 11.5. The highest BCUT2D eigenvalue weighted by atomic mass is 79.9. The van der Waals surface area contributed by atoms with Gasteiger partial charge in [-0.1, -0.05) is 25.4 Å². The Morgan fingerprint density at radius 1 is 1.47 bits per heavy atom. The average molecular weight is 292 g/mol. The van der Waals surface area contributed by atoms with Crippen LogP contribution in [0.5, 0.6) is 0 Å². The number of halogens is 2. The SMILES string of the molecule is CCC(C)(CC)Nc1ncc(Cl)cc1Br. The highest BCUT2D eigenvalue weighted by Gasteiger charge is 2.20. The second-order valence-electron chi connectivity index (χ2n) is 3.88. The van der Waals surface area contributed by atoms with Gasteiger partial charge in [0.05, 0.1) is 9.50 Å². The van der Waals surface area contributed by atoms with Gasteiger partial charge in [0.2, 0.25) is 0 Å². The zero-order valence-corrected chi connectivity index (χ0v) is 11.6. The van der Waals surface area contributed by atoms with Crippen LogP contribution in [0.4, 0.5) is 5.82 Å². The molecule has 0 aliphatic rings. The summed E-state index contributed by atoms with van der Waals surface area (Å²) in [5.74, 6) is 0.852. The lowest BCUT2D eigenvalue weighted by Crippen LogP contribution is -2.33. The molecule has 1 aromatic rings. The Kier molecular flexibility index (Phi) is 4.41. The molecule has 1 aromatic heterocycles. The second kappa shape index (κ2) is 5.17. The number of rotatable bonds is 4. The third-order valence-electron chi connectivity index (χ3n) is 2.79. The number of aromatic nitrogens is 1. The van der Waals surface area contributed by atoms with Crippen LogP contribution in [0.25, 0.3) is 0 Å². The van der Waals surface area contributed by atoms with E-state index in [0.717, 1.165) is 23.1 Å². The van der Waals surface area contributed by atoms with Crippen molar-refractivity contribution < 1.29 is 0 Å². The van der Waals surface area contributed by atoms with Gasteiger partial charge in [-0.05, 0) is 41.8 Å². The fourth-order valence-electron chi connectivity index (χ4n) is 1.22. The molecule has 0 aliphatic carbocycles. The summed E-state index contributed by atoms with van der Waals surface area (Å²) in [5, 5.41) is 4.07. The average Bonchev–Trinajstić information content (AvgIpc) is 2.22. The van der Waals surface area contributed by atoms with E-state index in [2.05, 4.69) is 47.0 Å². The Balaban J connectivity index is 2.89. The largest absolute Gasteiger partial charge is 0.364 e. The molecule has 1 rings (SSSR count). The van der Waals surface area contributed by atoms with Crippen LogP contribution in [0.1, 0.15) is 33.6 Å². The van der Waals surface area contributed by atoms with Crippen LogP contribution in [-0.2, 0) is 0 Å². The topological polar surface area (TPSA) is 24.9 Å². The summed E-state index contributed by atoms with van der Waals surface area (Å²) in [6.07, 6.45) is 3.76. The van der Waals surface area contributed by atoms with Crippen LogP contribution in [0.15, 0.2) is 16.7 Å². The van der Waals surface area contributed by atoms with Gasteiger partial charge < -0.3 is 5.32 Å². The number of pyridine rings is 1. The molecule has 0 bridgehead atoms. The van der Waals surface area contributed by atoms with E-state index in [-0.39, 0.29) is 5.54 Å². The van der Waals surface area contributed by atoms with Crippen molar-refractivity contribution in [2.24, 2.45) is 0 Å². The van der Waals surface area contributed by atoms with E-state index in [4.69, 9.17) is 11.6 Å². The summed E-state index contributed by atoms with van der Waals surface area (Å²) >= 11 is 9.28. The van der Waals surface area contributed by atoms with Crippen LogP contribution < -0.4 is 5.32 Å². The molecule has 4 heteroatoms. The van der Waals surface area contributed by atoms with Crippen molar-refractivity contribution in [3.8, 4) is 0 Å². The van der Waals surface area contributed by atoms with E-state index in [1.54, 1.807) is 6.20 Å². The summed E-state index contributed by atoms with van der Waals surface area (Å²) in [6.45, 7) is 6.52. The van der Waals surface area contributed by atoms with Crippen molar-refractivity contribution in [2.45, 2.75) is 39.2 Å². The molecule has 0 aliphatic heterocycles. The van der Waals surface area contributed by atoms with Crippen LogP contribution in [0.3, 0.4) is 0 Å². The molecule has 84 valence electrons. The third kappa shape index (κ3) is 3.35. The Morgan fingerprint density at radius 3 is 2.53 bits per heavy atom. The van der Waals surface area contributed by atoms with Crippen molar-refractivity contribution in [1.29, 1.82) is 0 Å². The van der Waals surface area contributed by atoms with Gasteiger partial charge in [0, 0.05) is 11.7 Å². The third-order valence-corrected chi connectivity index (χ3v) is 3.60. The number of hydrogen-bond donors (Lipinski definition) is 1. The van der Waals surface area contributed by atoms with Gasteiger partial charge in [0.15, 0.2) is 0 Å². The maximum Gasteiger partial charge on any atom is 0.140 e. The van der Waals surface area contributed by atoms with Crippen LogP contribution in [0, 0.1) is 0 Å². The minimum Gasteiger partial charge on any atom is -0.364 e. The molecule has 2 nitrogen and oxygen atoms in total. The highest BCUT2D eigenvalue weighted by Crippen LogP contribution is 2.27. The summed E-state index contributed by atoms with van der Waals surface area (Å²) in [5.41, 5.74) is 0.0867. The normalized spacial score (nSPS) is 11.5. The molecule has 0 saturated heterocycles. The van der Waals surface area contributed by atoms with Gasteiger partial charge in [0.1, 0.15) is 5.82 Å². The molecule has 0 unspecified atom stereocenters. The first-order valence-corrected chi connectivity index (χ1v) is 6.27. The Bertz CT molecular complexity index is 337. The van der Waals surface area contributed by atoms with E-state index < -0.39 is 0 Å². The molecule has 0 atom stereocenters. The number of nitrogens with one attached hydrogen (secondary N) is 1. The van der Waals surface area contributed by atoms with E-state index in [9.17, 15) is 0 Å². The van der Waals surface area contributed by atoms with E-state index in [1.165, 1.54) is 0 Å². The van der Waals surface area contributed by atoms with Gasteiger partial charge in [-0.25, -0.2) is 4.98 Å². The lowest BCUT2D eigenvalue weighted by atomic mass is 9.96. The Labute approximate surface area is 105 Å². The lowest BCUT2D eigenvalue weighted by molar-refractivity contribution is 0.476. The van der Waals surface area contributed by atoms with Crippen LogP contribution in [0.2, 0.25) is 5.02 Å². The standard InChI is InChI=1S/C11H16BrClN2/c1-4-11(3,5-2)15-10-9(12)6-8(13)7-14-10/h6-7H,4-5H2,1-3H3,(H,14,15). The van der Waals surface area contributed by atoms with E-state index in [0.29, 0.717) is 5.02 Å². The number of nitrogens with zero attached hydrogens (tertiary/aromatic N) is 1. The fourth-order valence-corrected chi connectivity index (χ4v) is 1.96. The van der Waals surface area contributed by atoms with Crippen molar-refractivity contribution in [3.05, 3.63) is 21.8 Å². The minimum atomic E-state index is 0.0867. The highest BCUT2D eigenvalue weighted by molar-refractivity contribution is 9.10. The molecular weight excluding hydrogens is 275 g/mol. The van der Waals surface area contributed by atoms with Gasteiger partial charge in [-0.3, -0.25) is 0 Å². The first-order chi connectivity index (χ1) is 7.00. The van der Waals surface area contributed by atoms with Crippen LogP contribution in [-0.4, -0.2) is 10.5 Å². The first kappa shape index (κ1) is 12.8. The summed E-state index contributed by atoms with van der Waals surface area (Å²) < 4.78 is 0.906. The minimum absolute atomic E-state index is 0.0867. The predicted octanol–water partition coefficient (Wildman–Crippen LogP) is 4.49. The quantitative estimate of drug-likeness (QED) is 0.884. The number of anilines is 1. The van der Waals surface area contributed by atoms with Crippen molar-refractivity contribution >= 4 is 33.3 Å². The fraction of sp³-hybridized carbons (Fsp3) is 0.545. The molecule has 1 heterocycles. The van der Waals surface area contributed by atoms with Crippen molar-refractivity contribution in [1.82, 2.24) is 4.98 Å². The van der Waals surface area contributed by atoms with Gasteiger partial charge >= 0.3 is 0 Å². The smallest absolute Gasteiger partial charge is 0.140 e. The zero-order valence-electron chi connectivity index (χ0n) is 9.27. The van der Waals surface area contributed by atoms with Gasteiger partial charge in [-0.15, -0.1) is 0 Å². The molecule has 0 amide bonds. The molecule has 0 radical (unpaired) electrons. The number of hydrogen-bond acceptors (Lipinski definition) is 2. The molecule has 0 fully saturated rings. The molecule has 0 saturated carbocycles. The lowest BCUT2D eigenvalue weighted by Gasteiger charge is -2.29. The second-order valence-corrected chi connectivity index (χ2v) is 5.17. The summed E-state index contributed by atoms with van der Waals surface area (Å²) in [7, 11) is 0. The molecule has 15 heavy (non-hydrogen) atoms. The molecule has 0 aromatic carbocycles. The maximum atomic E-state index is 5.84. The summed E-state index contributed by atoms with van der Waals surface area (Å²) in [4.78, 5) is 4.27. The predicted molar refractivity (Wildman–Crippen MR) is 69.6 cm³/mol. The van der Waals surface area contributed by atoms with E-state index in [1.807, 2.05) is 6.07 Å². The first-order valence-electron chi connectivity index (χ1n) is 5.10. The monoisotopic (exact) mass is 290 g/mol.